The Labute approximate surface area is 129 Å². The van der Waals surface area contributed by atoms with Crippen LogP contribution in [-0.2, 0) is 11.2 Å². The van der Waals surface area contributed by atoms with Crippen molar-refractivity contribution in [2.45, 2.75) is 20.3 Å². The number of nitrogens with zero attached hydrogens (tertiary/aromatic N) is 1. The van der Waals surface area contributed by atoms with E-state index in [2.05, 4.69) is 5.32 Å². The molecule has 0 saturated heterocycles. The summed E-state index contributed by atoms with van der Waals surface area (Å²) >= 11 is 0. The molecule has 0 unspecified atom stereocenters. The van der Waals surface area contributed by atoms with Crippen molar-refractivity contribution in [3.63, 3.8) is 0 Å². The van der Waals surface area contributed by atoms with E-state index in [0.29, 0.717) is 12.1 Å². The van der Waals surface area contributed by atoms with Gasteiger partial charge in [0.15, 0.2) is 0 Å². The van der Waals surface area contributed by atoms with Gasteiger partial charge in [0.25, 0.3) is 5.91 Å². The number of nitrogens with one attached hydrogen (secondary N) is 1. The van der Waals surface area contributed by atoms with Gasteiger partial charge in [0.2, 0.25) is 5.91 Å². The SMILES string of the molecule is CC(=O)N1CCc2cc(NC(=O)c3ccccc3C)ccc21. The van der Waals surface area contributed by atoms with E-state index in [1.807, 2.05) is 49.4 Å². The second kappa shape index (κ2) is 5.64. The molecule has 0 aromatic heterocycles. The summed E-state index contributed by atoms with van der Waals surface area (Å²) in [6.45, 7) is 4.20. The molecule has 112 valence electrons. The summed E-state index contributed by atoms with van der Waals surface area (Å²) in [5.74, 6) is -0.0603. The molecule has 0 bridgehead atoms. The minimum Gasteiger partial charge on any atom is -0.322 e. The van der Waals surface area contributed by atoms with Crippen molar-refractivity contribution in [3.8, 4) is 0 Å². The Morgan fingerprint density at radius 1 is 1.14 bits per heavy atom. The summed E-state index contributed by atoms with van der Waals surface area (Å²) in [4.78, 5) is 25.6. The van der Waals surface area contributed by atoms with Gasteiger partial charge in [-0.1, -0.05) is 18.2 Å². The zero-order chi connectivity index (χ0) is 15.7. The summed E-state index contributed by atoms with van der Waals surface area (Å²) in [5, 5.41) is 2.93. The first-order valence-corrected chi connectivity index (χ1v) is 7.34. The van der Waals surface area contributed by atoms with E-state index < -0.39 is 0 Å². The number of hydrogen-bond acceptors (Lipinski definition) is 2. The molecule has 0 fully saturated rings. The summed E-state index contributed by atoms with van der Waals surface area (Å²) in [6.07, 6.45) is 0.822. The first-order chi connectivity index (χ1) is 10.6. The van der Waals surface area contributed by atoms with Gasteiger partial charge in [-0.25, -0.2) is 0 Å². The molecule has 1 N–H and O–H groups in total. The number of amides is 2. The molecule has 0 spiro atoms. The highest BCUT2D eigenvalue weighted by atomic mass is 16.2. The van der Waals surface area contributed by atoms with Gasteiger partial charge >= 0.3 is 0 Å². The molecule has 0 radical (unpaired) electrons. The highest BCUT2D eigenvalue weighted by Crippen LogP contribution is 2.30. The first-order valence-electron chi connectivity index (χ1n) is 7.34. The standard InChI is InChI=1S/C18H18N2O2/c1-12-5-3-4-6-16(12)18(22)19-15-7-8-17-14(11-15)9-10-20(17)13(2)21/h3-8,11H,9-10H2,1-2H3,(H,19,22). The van der Waals surface area contributed by atoms with Crippen molar-refractivity contribution in [2.75, 3.05) is 16.8 Å². The first kappa shape index (κ1) is 14.3. The predicted molar refractivity (Wildman–Crippen MR) is 87.3 cm³/mol. The topological polar surface area (TPSA) is 49.4 Å². The van der Waals surface area contributed by atoms with Gasteiger partial charge in [-0.3, -0.25) is 9.59 Å². The monoisotopic (exact) mass is 294 g/mol. The van der Waals surface area contributed by atoms with E-state index in [4.69, 9.17) is 0 Å². The molecule has 1 heterocycles. The van der Waals surface area contributed by atoms with Crippen molar-refractivity contribution in [1.29, 1.82) is 0 Å². The van der Waals surface area contributed by atoms with Gasteiger partial charge in [-0.05, 0) is 48.7 Å². The zero-order valence-electron chi connectivity index (χ0n) is 12.7. The van der Waals surface area contributed by atoms with Crippen LogP contribution in [0.5, 0.6) is 0 Å². The molecule has 2 aromatic rings. The van der Waals surface area contributed by atoms with E-state index >= 15 is 0 Å². The van der Waals surface area contributed by atoms with Gasteiger partial charge < -0.3 is 10.2 Å². The second-order valence-electron chi connectivity index (χ2n) is 5.53. The molecular formula is C18H18N2O2. The molecule has 2 amide bonds. The van der Waals surface area contributed by atoms with Crippen molar-refractivity contribution < 1.29 is 9.59 Å². The zero-order valence-corrected chi connectivity index (χ0v) is 12.7. The predicted octanol–water partition coefficient (Wildman–Crippen LogP) is 3.16. The van der Waals surface area contributed by atoms with Crippen molar-refractivity contribution in [2.24, 2.45) is 0 Å². The third-order valence-corrected chi connectivity index (χ3v) is 4.00. The second-order valence-corrected chi connectivity index (χ2v) is 5.53. The van der Waals surface area contributed by atoms with Crippen LogP contribution >= 0.6 is 0 Å². The molecule has 22 heavy (non-hydrogen) atoms. The van der Waals surface area contributed by atoms with Gasteiger partial charge in [0, 0.05) is 30.4 Å². The molecule has 0 atom stereocenters. The molecule has 4 heteroatoms. The molecule has 3 rings (SSSR count). The molecule has 1 aliphatic heterocycles. The van der Waals surface area contributed by atoms with Crippen molar-refractivity contribution >= 4 is 23.2 Å². The number of aryl methyl sites for hydroxylation is 1. The van der Waals surface area contributed by atoms with Crippen LogP contribution in [0.3, 0.4) is 0 Å². The number of anilines is 2. The Bertz CT molecular complexity index is 753. The Morgan fingerprint density at radius 3 is 2.64 bits per heavy atom. The van der Waals surface area contributed by atoms with Crippen LogP contribution in [0.25, 0.3) is 0 Å². The van der Waals surface area contributed by atoms with Crippen molar-refractivity contribution in [3.05, 3.63) is 59.2 Å². The number of benzene rings is 2. The third kappa shape index (κ3) is 2.60. The smallest absolute Gasteiger partial charge is 0.255 e. The Balaban J connectivity index is 1.82. The van der Waals surface area contributed by atoms with Gasteiger partial charge in [-0.2, -0.15) is 0 Å². The van der Waals surface area contributed by atoms with Crippen LogP contribution in [0.15, 0.2) is 42.5 Å². The fourth-order valence-corrected chi connectivity index (χ4v) is 2.83. The van der Waals surface area contributed by atoms with E-state index in [0.717, 1.165) is 28.9 Å². The van der Waals surface area contributed by atoms with Gasteiger partial charge in [0.1, 0.15) is 0 Å². The van der Waals surface area contributed by atoms with Crippen molar-refractivity contribution in [1.82, 2.24) is 0 Å². The molecule has 0 aliphatic carbocycles. The third-order valence-electron chi connectivity index (χ3n) is 4.00. The maximum atomic E-state index is 12.3. The van der Waals surface area contributed by atoms with E-state index in [-0.39, 0.29) is 11.8 Å². The average Bonchev–Trinajstić information content (AvgIpc) is 2.91. The van der Waals surface area contributed by atoms with Crippen LogP contribution in [0.2, 0.25) is 0 Å². The molecule has 1 aliphatic rings. The summed E-state index contributed by atoms with van der Waals surface area (Å²) in [7, 11) is 0. The van der Waals surface area contributed by atoms with E-state index in [9.17, 15) is 9.59 Å². The Hall–Kier alpha value is -2.62. The van der Waals surface area contributed by atoms with Crippen LogP contribution in [-0.4, -0.2) is 18.4 Å². The minimum absolute atomic E-state index is 0.0513. The van der Waals surface area contributed by atoms with Gasteiger partial charge in [-0.15, -0.1) is 0 Å². The number of fused-ring (bicyclic) bond motifs is 1. The van der Waals surface area contributed by atoms with E-state index in [1.54, 1.807) is 11.8 Å². The molecule has 0 saturated carbocycles. The summed E-state index contributed by atoms with van der Waals surface area (Å²) in [5.41, 5.74) is 4.42. The lowest BCUT2D eigenvalue weighted by Gasteiger charge is -2.15. The van der Waals surface area contributed by atoms with E-state index in [1.165, 1.54) is 0 Å². The fraction of sp³-hybridized carbons (Fsp3) is 0.222. The molecule has 2 aromatic carbocycles. The van der Waals surface area contributed by atoms with Crippen LogP contribution in [0, 0.1) is 6.92 Å². The number of hydrogen-bond donors (Lipinski definition) is 1. The average molecular weight is 294 g/mol. The number of rotatable bonds is 2. The lowest BCUT2D eigenvalue weighted by Crippen LogP contribution is -2.25. The number of carbonyl (C=O) groups excluding carboxylic acids is 2. The lowest BCUT2D eigenvalue weighted by molar-refractivity contribution is -0.116. The Morgan fingerprint density at radius 2 is 1.91 bits per heavy atom. The largest absolute Gasteiger partial charge is 0.322 e. The molecule has 4 nitrogen and oxygen atoms in total. The number of carbonyl (C=O) groups is 2. The summed E-state index contributed by atoms with van der Waals surface area (Å²) in [6, 6.07) is 13.2. The maximum absolute atomic E-state index is 12.3. The van der Waals surface area contributed by atoms with Crippen LogP contribution in [0.4, 0.5) is 11.4 Å². The fourth-order valence-electron chi connectivity index (χ4n) is 2.83. The van der Waals surface area contributed by atoms with Crippen LogP contribution < -0.4 is 10.2 Å². The highest BCUT2D eigenvalue weighted by molar-refractivity contribution is 6.05. The minimum atomic E-state index is -0.112. The lowest BCUT2D eigenvalue weighted by atomic mass is 10.1. The highest BCUT2D eigenvalue weighted by Gasteiger charge is 2.22. The summed E-state index contributed by atoms with van der Waals surface area (Å²) < 4.78 is 0. The Kier molecular flexibility index (Phi) is 3.67. The normalized spacial score (nSPS) is 12.9. The molecular weight excluding hydrogens is 276 g/mol. The van der Waals surface area contributed by atoms with Crippen LogP contribution in [0.1, 0.15) is 28.4 Å². The quantitative estimate of drug-likeness (QED) is 0.925. The van der Waals surface area contributed by atoms with Gasteiger partial charge in [0.05, 0.1) is 0 Å². The maximum Gasteiger partial charge on any atom is 0.255 e.